The van der Waals surface area contributed by atoms with Crippen LogP contribution in [0.1, 0.15) is 25.3 Å². The van der Waals surface area contributed by atoms with E-state index in [2.05, 4.69) is 28.7 Å². The molecule has 0 aliphatic carbocycles. The molecule has 1 rings (SSSR count). The minimum absolute atomic E-state index is 0.0204. The van der Waals surface area contributed by atoms with E-state index >= 15 is 0 Å². The summed E-state index contributed by atoms with van der Waals surface area (Å²) in [5.41, 5.74) is 0.281. The summed E-state index contributed by atoms with van der Waals surface area (Å²) < 4.78 is 1.07. The maximum atomic E-state index is 12.0. The number of hydrogen-bond acceptors (Lipinski definition) is 2. The molecule has 0 saturated carbocycles. The highest BCUT2D eigenvalue weighted by Crippen LogP contribution is 2.31. The van der Waals surface area contributed by atoms with Crippen molar-refractivity contribution in [2.24, 2.45) is 0 Å². The second-order valence-electron chi connectivity index (χ2n) is 4.06. The van der Waals surface area contributed by atoms with Gasteiger partial charge in [-0.3, -0.25) is 4.79 Å². The first-order valence-electron chi connectivity index (χ1n) is 5.27. The van der Waals surface area contributed by atoms with Gasteiger partial charge in [-0.05, 0) is 53.6 Å². The lowest BCUT2D eigenvalue weighted by Gasteiger charge is -2.27. The van der Waals surface area contributed by atoms with E-state index in [0.717, 1.165) is 9.13 Å². The summed E-state index contributed by atoms with van der Waals surface area (Å²) in [5.74, 6) is -0.0515. The molecule has 0 heterocycles. The van der Waals surface area contributed by atoms with Gasteiger partial charge in [-0.2, -0.15) is 5.26 Å². The van der Waals surface area contributed by atoms with Crippen molar-refractivity contribution in [1.29, 1.82) is 5.26 Å². The Labute approximate surface area is 120 Å². The van der Waals surface area contributed by atoms with Crippen LogP contribution in [0.15, 0.2) is 24.3 Å². The average molecular weight is 362 g/mol. The van der Waals surface area contributed by atoms with Gasteiger partial charge in [0.1, 0.15) is 0 Å². The Bertz CT molecular complexity index is 455. The van der Waals surface area contributed by atoms with Gasteiger partial charge < -0.3 is 0 Å². The molecule has 2 nitrogen and oxygen atoms in total. The third-order valence-corrected chi connectivity index (χ3v) is 3.85. The normalized spacial score (nSPS) is 13.8. The number of carbonyl (C=O) groups excluding carboxylic acids is 1. The van der Waals surface area contributed by atoms with Gasteiger partial charge in [0.05, 0.1) is 17.4 Å². The smallest absolute Gasteiger partial charge is 0.157 e. The van der Waals surface area contributed by atoms with E-state index in [-0.39, 0.29) is 11.7 Å². The van der Waals surface area contributed by atoms with Crippen molar-refractivity contribution in [3.8, 4) is 6.07 Å². The quantitative estimate of drug-likeness (QED) is 0.593. The molecule has 0 aliphatic heterocycles. The average Bonchev–Trinajstić information content (AvgIpc) is 2.34. The van der Waals surface area contributed by atoms with Crippen LogP contribution in [-0.2, 0) is 10.2 Å². The van der Waals surface area contributed by atoms with Gasteiger partial charge in [-0.15, -0.1) is 11.6 Å². The molecule has 0 bridgehead atoms. The minimum atomic E-state index is -0.654. The molecule has 1 aromatic rings. The van der Waals surface area contributed by atoms with Crippen LogP contribution >= 0.6 is 34.2 Å². The predicted octanol–water partition coefficient (Wildman–Crippen LogP) is 3.66. The Morgan fingerprint density at radius 2 is 2.29 bits per heavy atom. The van der Waals surface area contributed by atoms with Crippen molar-refractivity contribution in [3.63, 3.8) is 0 Å². The first-order valence-corrected chi connectivity index (χ1v) is 6.88. The fourth-order valence-electron chi connectivity index (χ4n) is 1.73. The Kier molecular flexibility index (Phi) is 5.41. The molecule has 1 aromatic carbocycles. The lowest BCUT2D eigenvalue weighted by molar-refractivity contribution is -0.121. The number of carbonyl (C=O) groups is 1. The molecule has 90 valence electrons. The molecule has 0 N–H and O–H groups in total. The molecule has 0 saturated heterocycles. The first kappa shape index (κ1) is 14.5. The second kappa shape index (κ2) is 6.36. The summed E-state index contributed by atoms with van der Waals surface area (Å²) in [7, 11) is 0. The molecular weight excluding hydrogens is 349 g/mol. The highest BCUT2D eigenvalue weighted by molar-refractivity contribution is 14.1. The standard InChI is InChI=1S/C13H13ClINO/c1-13(6-3-7-16,12(17)9-14)10-4-2-5-11(15)8-10/h2,4-5,8H,3,6,9H2,1H3. The number of nitrogens with zero attached hydrogens (tertiary/aromatic N) is 1. The number of benzene rings is 1. The molecule has 17 heavy (non-hydrogen) atoms. The maximum Gasteiger partial charge on any atom is 0.157 e. The number of halogens is 2. The number of rotatable bonds is 5. The fourth-order valence-corrected chi connectivity index (χ4v) is 2.57. The van der Waals surface area contributed by atoms with Gasteiger partial charge in [0.15, 0.2) is 5.78 Å². The molecule has 0 aliphatic rings. The number of alkyl halides is 1. The summed E-state index contributed by atoms with van der Waals surface area (Å²) in [4.78, 5) is 12.0. The van der Waals surface area contributed by atoms with Gasteiger partial charge in [0.25, 0.3) is 0 Å². The molecule has 0 aromatic heterocycles. The molecule has 4 heteroatoms. The maximum absolute atomic E-state index is 12.0. The zero-order chi connectivity index (χ0) is 12.9. The van der Waals surface area contributed by atoms with Crippen LogP contribution in [0.3, 0.4) is 0 Å². The van der Waals surface area contributed by atoms with Crippen LogP contribution in [-0.4, -0.2) is 11.7 Å². The van der Waals surface area contributed by atoms with Crippen molar-refractivity contribution < 1.29 is 4.79 Å². The van der Waals surface area contributed by atoms with Gasteiger partial charge in [-0.1, -0.05) is 12.1 Å². The Morgan fingerprint density at radius 3 is 2.82 bits per heavy atom. The monoisotopic (exact) mass is 361 g/mol. The van der Waals surface area contributed by atoms with E-state index in [1.54, 1.807) is 0 Å². The first-order chi connectivity index (χ1) is 8.04. The van der Waals surface area contributed by atoms with Crippen molar-refractivity contribution in [2.75, 3.05) is 5.88 Å². The van der Waals surface area contributed by atoms with E-state index in [9.17, 15) is 4.79 Å². The summed E-state index contributed by atoms with van der Waals surface area (Å²) in [6, 6.07) is 9.88. The SMILES string of the molecule is CC(CCC#N)(C(=O)CCl)c1cccc(I)c1. The number of hydrogen-bond donors (Lipinski definition) is 0. The van der Waals surface area contributed by atoms with E-state index in [1.807, 2.05) is 31.2 Å². The predicted molar refractivity (Wildman–Crippen MR) is 77.1 cm³/mol. The van der Waals surface area contributed by atoms with Crippen molar-refractivity contribution in [3.05, 3.63) is 33.4 Å². The molecule has 0 spiro atoms. The summed E-state index contributed by atoms with van der Waals surface area (Å²) in [5, 5.41) is 8.69. The van der Waals surface area contributed by atoms with Gasteiger partial charge >= 0.3 is 0 Å². The fraction of sp³-hybridized carbons (Fsp3) is 0.385. The van der Waals surface area contributed by atoms with Gasteiger partial charge in [-0.25, -0.2) is 0 Å². The minimum Gasteiger partial charge on any atom is -0.297 e. The Hall–Kier alpha value is -0.600. The third-order valence-electron chi connectivity index (χ3n) is 2.94. The van der Waals surface area contributed by atoms with Gasteiger partial charge in [0, 0.05) is 9.99 Å². The van der Waals surface area contributed by atoms with Crippen LogP contribution in [0.5, 0.6) is 0 Å². The molecule has 0 radical (unpaired) electrons. The number of ketones is 1. The van der Waals surface area contributed by atoms with Crippen LogP contribution < -0.4 is 0 Å². The van der Waals surface area contributed by atoms with E-state index in [4.69, 9.17) is 16.9 Å². The van der Waals surface area contributed by atoms with Crippen LogP contribution in [0.2, 0.25) is 0 Å². The van der Waals surface area contributed by atoms with E-state index < -0.39 is 5.41 Å². The van der Waals surface area contributed by atoms with Crippen molar-refractivity contribution >= 4 is 40.0 Å². The zero-order valence-electron chi connectivity index (χ0n) is 9.54. The van der Waals surface area contributed by atoms with Crippen LogP contribution in [0.4, 0.5) is 0 Å². The number of Topliss-reactive ketones (excluding diaryl/α,β-unsaturated/α-hetero) is 1. The zero-order valence-corrected chi connectivity index (χ0v) is 12.5. The molecule has 1 unspecified atom stereocenters. The second-order valence-corrected chi connectivity index (χ2v) is 5.57. The summed E-state index contributed by atoms with van der Waals surface area (Å²) >= 11 is 7.88. The Morgan fingerprint density at radius 1 is 1.59 bits per heavy atom. The largest absolute Gasteiger partial charge is 0.297 e. The third kappa shape index (κ3) is 3.43. The van der Waals surface area contributed by atoms with E-state index in [1.165, 1.54) is 0 Å². The van der Waals surface area contributed by atoms with Gasteiger partial charge in [0.2, 0.25) is 0 Å². The lowest BCUT2D eigenvalue weighted by atomic mass is 9.75. The molecule has 1 atom stereocenters. The van der Waals surface area contributed by atoms with E-state index in [0.29, 0.717) is 12.8 Å². The molecule has 0 fully saturated rings. The summed E-state index contributed by atoms with van der Waals surface area (Å²) in [6.07, 6.45) is 0.861. The van der Waals surface area contributed by atoms with Crippen molar-refractivity contribution in [2.45, 2.75) is 25.2 Å². The van der Waals surface area contributed by atoms with Crippen molar-refractivity contribution in [1.82, 2.24) is 0 Å². The van der Waals surface area contributed by atoms with Crippen LogP contribution in [0.25, 0.3) is 0 Å². The lowest BCUT2D eigenvalue weighted by Crippen LogP contribution is -2.33. The highest BCUT2D eigenvalue weighted by Gasteiger charge is 2.33. The topological polar surface area (TPSA) is 40.9 Å². The number of nitriles is 1. The summed E-state index contributed by atoms with van der Waals surface area (Å²) in [6.45, 7) is 1.86. The highest BCUT2D eigenvalue weighted by atomic mass is 127. The van der Waals surface area contributed by atoms with Crippen LogP contribution in [0, 0.1) is 14.9 Å². The molecular formula is C13H13ClINO. The molecule has 0 amide bonds. The Balaban J connectivity index is 3.14.